The summed E-state index contributed by atoms with van der Waals surface area (Å²) in [4.78, 5) is 26.3. The van der Waals surface area contributed by atoms with E-state index in [1.54, 1.807) is 33.1 Å². The largest absolute Gasteiger partial charge is 0.308 e. The van der Waals surface area contributed by atoms with Crippen LogP contribution >= 0.6 is 35.1 Å². The molecule has 0 aliphatic rings. The number of carbonyl (C=O) groups excluding carboxylic acids is 1. The molecule has 5 nitrogen and oxygen atoms in total. The lowest BCUT2D eigenvalue weighted by molar-refractivity contribution is 0.0985. The molecule has 0 atom stereocenters. The molecule has 0 N–H and O–H groups in total. The van der Waals surface area contributed by atoms with E-state index in [0.29, 0.717) is 12.1 Å². The summed E-state index contributed by atoms with van der Waals surface area (Å²) in [7, 11) is 4.02. The Balaban J connectivity index is 0.00000225. The fourth-order valence-corrected chi connectivity index (χ4v) is 4.70. The van der Waals surface area contributed by atoms with Crippen LogP contribution in [0.15, 0.2) is 41.9 Å². The smallest absolute Gasteiger partial charge is 0.260 e. The Bertz CT molecular complexity index is 1120. The first-order valence-corrected chi connectivity index (χ1v) is 10.4. The molecule has 0 fully saturated rings. The van der Waals surface area contributed by atoms with Crippen LogP contribution in [0.1, 0.15) is 15.9 Å². The van der Waals surface area contributed by atoms with Gasteiger partial charge in [-0.25, -0.2) is 9.97 Å². The molecule has 4 rings (SSSR count). The molecule has 28 heavy (non-hydrogen) atoms. The molecule has 8 heteroatoms. The second-order valence-corrected chi connectivity index (χ2v) is 8.61. The van der Waals surface area contributed by atoms with Crippen LogP contribution in [0.4, 0.5) is 5.13 Å². The number of thiazole rings is 2. The summed E-state index contributed by atoms with van der Waals surface area (Å²) in [5, 5.41) is 0.746. The van der Waals surface area contributed by atoms with E-state index in [-0.39, 0.29) is 18.3 Å². The van der Waals surface area contributed by atoms with E-state index >= 15 is 0 Å². The summed E-state index contributed by atoms with van der Waals surface area (Å²) in [5.74, 6) is -0.0242. The van der Waals surface area contributed by atoms with Crippen molar-refractivity contribution in [2.45, 2.75) is 6.92 Å². The van der Waals surface area contributed by atoms with Gasteiger partial charge in [0.25, 0.3) is 5.91 Å². The molecule has 1 amide bonds. The number of para-hydroxylation sites is 1. The van der Waals surface area contributed by atoms with E-state index in [9.17, 15) is 4.79 Å². The highest BCUT2D eigenvalue weighted by molar-refractivity contribution is 7.22. The summed E-state index contributed by atoms with van der Waals surface area (Å²) in [6.07, 6.45) is 0. The SMILES string of the molecule is Cc1cccc2sc(N(CCN(C)C)C(=O)c3ccc4ncsc4c3)nc12.Cl. The van der Waals surface area contributed by atoms with E-state index < -0.39 is 0 Å². The topological polar surface area (TPSA) is 49.3 Å². The van der Waals surface area contributed by atoms with Crippen LogP contribution in [0.25, 0.3) is 20.4 Å². The summed E-state index contributed by atoms with van der Waals surface area (Å²) in [6, 6.07) is 11.8. The van der Waals surface area contributed by atoms with Crippen molar-refractivity contribution in [1.29, 1.82) is 0 Å². The predicted molar refractivity (Wildman–Crippen MR) is 121 cm³/mol. The maximum atomic E-state index is 13.3. The highest BCUT2D eigenvalue weighted by Crippen LogP contribution is 2.31. The number of anilines is 1. The van der Waals surface area contributed by atoms with Crippen LogP contribution in [0, 0.1) is 6.92 Å². The third-order valence-corrected chi connectivity index (χ3v) is 6.27. The number of hydrogen-bond donors (Lipinski definition) is 0. The number of aromatic nitrogens is 2. The van der Waals surface area contributed by atoms with Crippen LogP contribution in [-0.4, -0.2) is 48.0 Å². The molecular weight excluding hydrogens is 412 g/mol. The summed E-state index contributed by atoms with van der Waals surface area (Å²) < 4.78 is 2.12. The number of fused-ring (bicyclic) bond motifs is 2. The average Bonchev–Trinajstić information content (AvgIpc) is 3.28. The molecule has 0 saturated carbocycles. The maximum Gasteiger partial charge on any atom is 0.260 e. The molecule has 2 heterocycles. The first-order chi connectivity index (χ1) is 13.0. The van der Waals surface area contributed by atoms with Crippen molar-refractivity contribution in [3.8, 4) is 0 Å². The minimum atomic E-state index is -0.0242. The van der Waals surface area contributed by atoms with E-state index in [0.717, 1.165) is 37.7 Å². The van der Waals surface area contributed by atoms with Gasteiger partial charge < -0.3 is 4.90 Å². The normalized spacial score (nSPS) is 11.1. The van der Waals surface area contributed by atoms with Gasteiger partial charge in [-0.05, 0) is 50.8 Å². The number of aryl methyl sites for hydroxylation is 1. The summed E-state index contributed by atoms with van der Waals surface area (Å²) in [5.41, 5.74) is 5.49. The van der Waals surface area contributed by atoms with Gasteiger partial charge in [0.1, 0.15) is 0 Å². The van der Waals surface area contributed by atoms with Crippen LogP contribution in [0.5, 0.6) is 0 Å². The minimum absolute atomic E-state index is 0. The first-order valence-electron chi connectivity index (χ1n) is 8.69. The Hall–Kier alpha value is -2.06. The number of nitrogens with zero attached hydrogens (tertiary/aromatic N) is 4. The van der Waals surface area contributed by atoms with Crippen LogP contribution in [0.2, 0.25) is 0 Å². The molecule has 0 unspecified atom stereocenters. The molecule has 2 aromatic carbocycles. The summed E-state index contributed by atoms with van der Waals surface area (Å²) in [6.45, 7) is 3.41. The van der Waals surface area contributed by atoms with Gasteiger partial charge in [0, 0.05) is 18.7 Å². The van der Waals surface area contributed by atoms with Gasteiger partial charge in [-0.15, -0.1) is 23.7 Å². The predicted octanol–water partition coefficient (Wildman–Crippen LogP) is 4.84. The monoisotopic (exact) mass is 432 g/mol. The number of halogens is 1. The second kappa shape index (κ2) is 8.53. The van der Waals surface area contributed by atoms with E-state index in [4.69, 9.17) is 4.98 Å². The van der Waals surface area contributed by atoms with Crippen molar-refractivity contribution >= 4 is 66.6 Å². The Labute approximate surface area is 178 Å². The van der Waals surface area contributed by atoms with Crippen molar-refractivity contribution in [3.63, 3.8) is 0 Å². The zero-order valence-electron chi connectivity index (χ0n) is 15.9. The van der Waals surface area contributed by atoms with Gasteiger partial charge in [-0.3, -0.25) is 9.69 Å². The number of likely N-dealkylation sites (N-methyl/N-ethyl adjacent to an activating group) is 1. The standard InChI is InChI=1S/C20H20N4OS2.ClH/c1-13-5-4-6-16-18(13)22-20(27-16)24(10-9-23(2)3)19(25)14-7-8-15-17(11-14)26-12-21-15;/h4-8,11-12H,9-10H2,1-3H3;1H. The molecule has 0 aliphatic carbocycles. The van der Waals surface area contributed by atoms with Crippen molar-refractivity contribution in [2.75, 3.05) is 32.1 Å². The van der Waals surface area contributed by atoms with Gasteiger partial charge in [0.2, 0.25) is 0 Å². The zero-order valence-corrected chi connectivity index (χ0v) is 18.3. The molecular formula is C20H21ClN4OS2. The number of hydrogen-bond acceptors (Lipinski definition) is 6. The summed E-state index contributed by atoms with van der Waals surface area (Å²) >= 11 is 3.11. The van der Waals surface area contributed by atoms with E-state index in [2.05, 4.69) is 28.9 Å². The second-order valence-electron chi connectivity index (χ2n) is 6.71. The molecule has 146 valence electrons. The number of amides is 1. The highest BCUT2D eigenvalue weighted by Gasteiger charge is 2.22. The Morgan fingerprint density at radius 3 is 2.68 bits per heavy atom. The molecule has 0 spiro atoms. The van der Waals surface area contributed by atoms with Gasteiger partial charge in [-0.2, -0.15) is 0 Å². The third kappa shape index (κ3) is 4.03. The minimum Gasteiger partial charge on any atom is -0.308 e. The lowest BCUT2D eigenvalue weighted by atomic mass is 10.2. The Morgan fingerprint density at radius 2 is 1.93 bits per heavy atom. The molecule has 4 aromatic rings. The number of benzene rings is 2. The van der Waals surface area contributed by atoms with Crippen molar-refractivity contribution in [1.82, 2.24) is 14.9 Å². The zero-order chi connectivity index (χ0) is 19.0. The van der Waals surface area contributed by atoms with E-state index in [1.807, 2.05) is 38.4 Å². The van der Waals surface area contributed by atoms with Crippen molar-refractivity contribution in [3.05, 3.63) is 53.0 Å². The lowest BCUT2D eigenvalue weighted by Gasteiger charge is -2.22. The van der Waals surface area contributed by atoms with Crippen LogP contribution in [0.3, 0.4) is 0 Å². The number of rotatable bonds is 5. The molecule has 0 radical (unpaired) electrons. The third-order valence-electron chi connectivity index (χ3n) is 4.43. The molecule has 0 saturated heterocycles. The number of carbonyl (C=O) groups is 1. The van der Waals surface area contributed by atoms with Gasteiger partial charge >= 0.3 is 0 Å². The Kier molecular flexibility index (Phi) is 6.30. The average molecular weight is 433 g/mol. The fraction of sp³-hybridized carbons (Fsp3) is 0.250. The molecule has 2 aromatic heterocycles. The van der Waals surface area contributed by atoms with Gasteiger partial charge in [-0.1, -0.05) is 23.5 Å². The van der Waals surface area contributed by atoms with Crippen molar-refractivity contribution in [2.24, 2.45) is 0 Å². The fourth-order valence-electron chi connectivity index (χ4n) is 2.92. The van der Waals surface area contributed by atoms with Crippen LogP contribution < -0.4 is 4.90 Å². The maximum absolute atomic E-state index is 13.3. The van der Waals surface area contributed by atoms with Crippen molar-refractivity contribution < 1.29 is 4.79 Å². The van der Waals surface area contributed by atoms with Gasteiger partial charge in [0.15, 0.2) is 5.13 Å². The van der Waals surface area contributed by atoms with E-state index in [1.165, 1.54) is 0 Å². The van der Waals surface area contributed by atoms with Crippen LogP contribution in [-0.2, 0) is 0 Å². The lowest BCUT2D eigenvalue weighted by Crippen LogP contribution is -2.36. The Morgan fingerprint density at radius 1 is 1.11 bits per heavy atom. The molecule has 0 aliphatic heterocycles. The highest BCUT2D eigenvalue weighted by atomic mass is 35.5. The van der Waals surface area contributed by atoms with Gasteiger partial charge in [0.05, 0.1) is 25.9 Å². The molecule has 0 bridgehead atoms. The quantitative estimate of drug-likeness (QED) is 0.452. The first kappa shape index (κ1) is 20.7.